The van der Waals surface area contributed by atoms with Gasteiger partial charge < -0.3 is 24.6 Å². The molecule has 2 saturated heterocycles. The number of amides is 3. The van der Waals surface area contributed by atoms with Crippen LogP contribution in [0.2, 0.25) is 0 Å². The van der Waals surface area contributed by atoms with Crippen molar-refractivity contribution in [2.45, 2.75) is 24.5 Å². The normalized spacial score (nSPS) is 23.8. The van der Waals surface area contributed by atoms with Crippen LogP contribution in [0.1, 0.15) is 12.8 Å². The van der Waals surface area contributed by atoms with Gasteiger partial charge in [-0.2, -0.15) is 0 Å². The summed E-state index contributed by atoms with van der Waals surface area (Å²) < 4.78 is 10.9. The molecule has 2 fully saturated rings. The van der Waals surface area contributed by atoms with Gasteiger partial charge in [0.15, 0.2) is 6.61 Å². The molecule has 0 unspecified atom stereocenters. The number of carbonyl (C=O) groups excluding carboxylic acids is 3. The maximum absolute atomic E-state index is 12.6. The third-order valence-electron chi connectivity index (χ3n) is 5.99. The molecule has 152 valence electrons. The highest BCUT2D eigenvalue weighted by Crippen LogP contribution is 2.43. The summed E-state index contributed by atoms with van der Waals surface area (Å²) in [5.74, 6) is -0.462. The van der Waals surface area contributed by atoms with Gasteiger partial charge in [0.1, 0.15) is 11.9 Å². The molecule has 1 aromatic carbocycles. The number of likely N-dealkylation sites (tertiary alicyclic amines) is 2. The fourth-order valence-electron chi connectivity index (χ4n) is 4.36. The maximum atomic E-state index is 12.6. The van der Waals surface area contributed by atoms with Crippen LogP contribution in [-0.2, 0) is 19.1 Å². The number of nitrogens with zero attached hydrogens (tertiary/aromatic N) is 2. The van der Waals surface area contributed by atoms with Gasteiger partial charge in [-0.25, -0.2) is 0 Å². The Morgan fingerprint density at radius 2 is 1.86 bits per heavy atom. The van der Waals surface area contributed by atoms with Crippen molar-refractivity contribution in [2.75, 3.05) is 40.9 Å². The summed E-state index contributed by atoms with van der Waals surface area (Å²) >= 11 is 0. The van der Waals surface area contributed by atoms with Crippen molar-refractivity contribution < 1.29 is 23.9 Å². The van der Waals surface area contributed by atoms with E-state index in [9.17, 15) is 14.4 Å². The second kappa shape index (κ2) is 8.18. The van der Waals surface area contributed by atoms with E-state index in [1.54, 1.807) is 36.0 Å². The molecule has 1 aromatic rings. The number of hydrogen-bond donors (Lipinski definition) is 1. The van der Waals surface area contributed by atoms with Crippen molar-refractivity contribution in [2.24, 2.45) is 5.92 Å². The van der Waals surface area contributed by atoms with E-state index < -0.39 is 17.6 Å². The first-order valence-electron chi connectivity index (χ1n) is 9.42. The Labute approximate surface area is 164 Å². The Hall–Kier alpha value is -2.61. The van der Waals surface area contributed by atoms with Gasteiger partial charge in [-0.15, -0.1) is 0 Å². The van der Waals surface area contributed by atoms with Crippen molar-refractivity contribution in [3.05, 3.63) is 30.3 Å². The van der Waals surface area contributed by atoms with Crippen LogP contribution < -0.4 is 10.1 Å². The quantitative estimate of drug-likeness (QED) is 0.781. The molecule has 0 saturated carbocycles. The zero-order valence-electron chi connectivity index (χ0n) is 16.5. The number of piperidine rings is 1. The highest BCUT2D eigenvalue weighted by Gasteiger charge is 2.61. The number of para-hydroxylation sites is 1. The monoisotopic (exact) mass is 389 g/mol. The zero-order valence-corrected chi connectivity index (χ0v) is 16.5. The molecule has 1 spiro atoms. The Bertz CT molecular complexity index is 731. The van der Waals surface area contributed by atoms with Crippen LogP contribution in [0.25, 0.3) is 0 Å². The van der Waals surface area contributed by atoms with Crippen LogP contribution in [0.5, 0.6) is 5.75 Å². The molecular weight excluding hydrogens is 362 g/mol. The molecule has 0 radical (unpaired) electrons. The van der Waals surface area contributed by atoms with Gasteiger partial charge in [0.2, 0.25) is 5.91 Å². The van der Waals surface area contributed by atoms with E-state index in [1.807, 2.05) is 18.2 Å². The summed E-state index contributed by atoms with van der Waals surface area (Å²) in [6, 6.07) is 9.19. The SMILES string of the molecule is CNC(=O)[C@@H]1[C@@H](OC)C(=O)N(C)C12CCN(C(=O)COc1ccccc1)CC2. The number of likely N-dealkylation sites (N-methyl/N-ethyl adjacent to an activating group) is 1. The van der Waals surface area contributed by atoms with Gasteiger partial charge in [-0.05, 0) is 25.0 Å². The minimum absolute atomic E-state index is 0.0364. The van der Waals surface area contributed by atoms with Crippen LogP contribution in [0.15, 0.2) is 30.3 Å². The minimum Gasteiger partial charge on any atom is -0.484 e. The smallest absolute Gasteiger partial charge is 0.260 e. The minimum atomic E-state index is -0.798. The Kier molecular flexibility index (Phi) is 5.88. The van der Waals surface area contributed by atoms with E-state index in [0.717, 1.165) is 0 Å². The van der Waals surface area contributed by atoms with E-state index in [4.69, 9.17) is 9.47 Å². The molecule has 0 aliphatic carbocycles. The first kappa shape index (κ1) is 20.1. The van der Waals surface area contributed by atoms with Crippen molar-refractivity contribution in [1.29, 1.82) is 0 Å². The van der Waals surface area contributed by atoms with Crippen LogP contribution in [0.4, 0.5) is 0 Å². The third kappa shape index (κ3) is 3.44. The van der Waals surface area contributed by atoms with Gasteiger partial charge in [0, 0.05) is 34.3 Å². The summed E-state index contributed by atoms with van der Waals surface area (Å²) in [7, 11) is 4.73. The van der Waals surface area contributed by atoms with Gasteiger partial charge in [0.05, 0.1) is 11.5 Å². The number of rotatable bonds is 5. The number of ether oxygens (including phenoxy) is 2. The van der Waals surface area contributed by atoms with E-state index in [0.29, 0.717) is 31.7 Å². The van der Waals surface area contributed by atoms with Crippen LogP contribution in [-0.4, -0.2) is 80.1 Å². The zero-order chi connectivity index (χ0) is 20.3. The fourth-order valence-corrected chi connectivity index (χ4v) is 4.36. The second-order valence-corrected chi connectivity index (χ2v) is 7.23. The highest BCUT2D eigenvalue weighted by atomic mass is 16.5. The molecule has 0 bridgehead atoms. The summed E-state index contributed by atoms with van der Waals surface area (Å²) in [5, 5.41) is 2.66. The second-order valence-electron chi connectivity index (χ2n) is 7.23. The molecule has 2 heterocycles. The van der Waals surface area contributed by atoms with Crippen molar-refractivity contribution in [3.8, 4) is 5.75 Å². The summed E-state index contributed by atoms with van der Waals surface area (Å²) in [6.45, 7) is 0.877. The summed E-state index contributed by atoms with van der Waals surface area (Å²) in [5.41, 5.74) is -0.644. The van der Waals surface area contributed by atoms with E-state index in [1.165, 1.54) is 7.11 Å². The average molecular weight is 389 g/mol. The molecule has 3 rings (SSSR count). The number of hydrogen-bond acceptors (Lipinski definition) is 5. The highest BCUT2D eigenvalue weighted by molar-refractivity contribution is 5.94. The molecule has 2 atom stereocenters. The number of benzene rings is 1. The largest absolute Gasteiger partial charge is 0.484 e. The Morgan fingerprint density at radius 3 is 2.43 bits per heavy atom. The van der Waals surface area contributed by atoms with Crippen LogP contribution in [0.3, 0.4) is 0 Å². The lowest BCUT2D eigenvalue weighted by Crippen LogP contribution is -2.58. The topological polar surface area (TPSA) is 88.2 Å². The molecular formula is C20H27N3O5. The van der Waals surface area contributed by atoms with Crippen LogP contribution in [0, 0.1) is 5.92 Å². The van der Waals surface area contributed by atoms with Gasteiger partial charge in [-0.1, -0.05) is 18.2 Å². The molecule has 8 heteroatoms. The van der Waals surface area contributed by atoms with Gasteiger partial charge in [-0.3, -0.25) is 14.4 Å². The number of methoxy groups -OCH3 is 1. The first-order chi connectivity index (χ1) is 13.4. The lowest BCUT2D eigenvalue weighted by Gasteiger charge is -2.45. The van der Waals surface area contributed by atoms with E-state index in [-0.39, 0.29) is 24.3 Å². The van der Waals surface area contributed by atoms with Gasteiger partial charge in [0.25, 0.3) is 11.8 Å². The van der Waals surface area contributed by atoms with Gasteiger partial charge >= 0.3 is 0 Å². The first-order valence-corrected chi connectivity index (χ1v) is 9.42. The van der Waals surface area contributed by atoms with Crippen LogP contribution >= 0.6 is 0 Å². The lowest BCUT2D eigenvalue weighted by atomic mass is 9.75. The molecule has 3 amide bonds. The molecule has 8 nitrogen and oxygen atoms in total. The summed E-state index contributed by atoms with van der Waals surface area (Å²) in [6.07, 6.45) is 0.239. The fraction of sp³-hybridized carbons (Fsp3) is 0.550. The van der Waals surface area contributed by atoms with E-state index >= 15 is 0 Å². The molecule has 0 aromatic heterocycles. The predicted octanol–water partition coefficient (Wildman–Crippen LogP) is 0.276. The molecule has 28 heavy (non-hydrogen) atoms. The van der Waals surface area contributed by atoms with Crippen molar-refractivity contribution in [3.63, 3.8) is 0 Å². The predicted molar refractivity (Wildman–Crippen MR) is 102 cm³/mol. The summed E-state index contributed by atoms with van der Waals surface area (Å²) in [4.78, 5) is 41.1. The maximum Gasteiger partial charge on any atom is 0.260 e. The molecule has 2 aliphatic heterocycles. The third-order valence-corrected chi connectivity index (χ3v) is 5.99. The Morgan fingerprint density at radius 1 is 1.21 bits per heavy atom. The molecule has 1 N–H and O–H groups in total. The van der Waals surface area contributed by atoms with Crippen molar-refractivity contribution in [1.82, 2.24) is 15.1 Å². The lowest BCUT2D eigenvalue weighted by molar-refractivity contribution is -0.139. The van der Waals surface area contributed by atoms with E-state index in [2.05, 4.69) is 5.32 Å². The Balaban J connectivity index is 1.67. The van der Waals surface area contributed by atoms with Crippen molar-refractivity contribution >= 4 is 17.7 Å². The number of nitrogens with one attached hydrogen (secondary N) is 1. The molecule has 2 aliphatic rings. The standard InChI is InChI=1S/C20H27N3O5/c1-21-18(25)16-17(27-3)19(26)22(2)20(16)9-11-23(12-10-20)15(24)13-28-14-7-5-4-6-8-14/h4-8,16-17H,9-13H2,1-3H3,(H,21,25)/t16-,17+/m0/s1. The average Bonchev–Trinajstić information content (AvgIpc) is 2.94. The number of carbonyl (C=O) groups is 3.